The second-order valence-corrected chi connectivity index (χ2v) is 7.05. The van der Waals surface area contributed by atoms with Gasteiger partial charge in [0.05, 0.1) is 24.3 Å². The summed E-state index contributed by atoms with van der Waals surface area (Å²) in [5, 5.41) is 3.52. The number of halogens is 1. The van der Waals surface area contributed by atoms with Gasteiger partial charge in [0.15, 0.2) is 0 Å². The van der Waals surface area contributed by atoms with E-state index in [9.17, 15) is 9.59 Å². The Morgan fingerprint density at radius 3 is 2.59 bits per heavy atom. The summed E-state index contributed by atoms with van der Waals surface area (Å²) in [4.78, 5) is 23.9. The molecule has 7 heteroatoms. The van der Waals surface area contributed by atoms with Crippen LogP contribution in [0.4, 0.5) is 5.69 Å². The van der Waals surface area contributed by atoms with Gasteiger partial charge in [-0.25, -0.2) is 0 Å². The molecule has 0 atom stereocenters. The highest BCUT2D eigenvalue weighted by molar-refractivity contribution is 6.30. The average Bonchev–Trinajstić information content (AvgIpc) is 2.97. The van der Waals surface area contributed by atoms with Gasteiger partial charge in [-0.15, -0.1) is 0 Å². The van der Waals surface area contributed by atoms with Crippen molar-refractivity contribution in [3.8, 4) is 11.4 Å². The van der Waals surface area contributed by atoms with Crippen molar-refractivity contribution in [3.63, 3.8) is 0 Å². The molecule has 0 bridgehead atoms. The Labute approximate surface area is 174 Å². The van der Waals surface area contributed by atoms with Gasteiger partial charge in [-0.2, -0.15) is 0 Å². The van der Waals surface area contributed by atoms with E-state index < -0.39 is 5.91 Å². The van der Waals surface area contributed by atoms with Crippen molar-refractivity contribution >= 4 is 29.1 Å². The maximum absolute atomic E-state index is 13.0. The van der Waals surface area contributed by atoms with Crippen molar-refractivity contribution < 1.29 is 14.3 Å². The van der Waals surface area contributed by atoms with Crippen molar-refractivity contribution in [2.24, 2.45) is 5.73 Å². The summed E-state index contributed by atoms with van der Waals surface area (Å²) in [6.45, 7) is 3.97. The third kappa shape index (κ3) is 4.78. The second kappa shape index (κ2) is 8.84. The van der Waals surface area contributed by atoms with E-state index in [-0.39, 0.29) is 18.9 Å². The molecule has 0 aliphatic carbocycles. The number of amides is 2. The molecule has 0 aliphatic rings. The van der Waals surface area contributed by atoms with Crippen LogP contribution in [0.2, 0.25) is 5.02 Å². The lowest BCUT2D eigenvalue weighted by molar-refractivity contribution is -0.118. The maximum atomic E-state index is 13.0. The Kier molecular flexibility index (Phi) is 6.24. The molecule has 0 fully saturated rings. The largest absolute Gasteiger partial charge is 0.491 e. The summed E-state index contributed by atoms with van der Waals surface area (Å²) >= 11 is 6.12. The fourth-order valence-corrected chi connectivity index (χ4v) is 3.34. The molecule has 1 aromatic heterocycles. The molecule has 6 nitrogen and oxygen atoms in total. The van der Waals surface area contributed by atoms with E-state index in [1.165, 1.54) is 0 Å². The number of aryl methyl sites for hydroxylation is 1. The molecule has 0 spiro atoms. The minimum absolute atomic E-state index is 0.100. The zero-order chi connectivity index (χ0) is 21.0. The Morgan fingerprint density at radius 2 is 1.86 bits per heavy atom. The number of nitrogens with two attached hydrogens (primary N) is 1. The second-order valence-electron chi connectivity index (χ2n) is 6.62. The van der Waals surface area contributed by atoms with Gasteiger partial charge in [0.25, 0.3) is 5.91 Å². The number of carbonyl (C=O) groups excluding carboxylic acids is 2. The molecular weight excluding hydrogens is 390 g/mol. The number of aromatic nitrogens is 1. The summed E-state index contributed by atoms with van der Waals surface area (Å²) in [6.07, 6.45) is 0.100. The molecule has 3 rings (SSSR count). The number of hydrogen-bond donors (Lipinski definition) is 2. The predicted molar refractivity (Wildman–Crippen MR) is 114 cm³/mol. The molecular formula is C22H22ClN3O3. The SMILES string of the molecule is Cc1cc(C(=O)Nc2ccccc2OCCC(N)=O)c(C)n1-c1cccc(Cl)c1. The average molecular weight is 412 g/mol. The van der Waals surface area contributed by atoms with Gasteiger partial charge in [-0.1, -0.05) is 29.8 Å². The number of para-hydroxylation sites is 2. The number of anilines is 1. The van der Waals surface area contributed by atoms with Gasteiger partial charge in [0.2, 0.25) is 5.91 Å². The van der Waals surface area contributed by atoms with Crippen LogP contribution in [0.3, 0.4) is 0 Å². The molecule has 2 aromatic carbocycles. The topological polar surface area (TPSA) is 86.3 Å². The molecule has 0 aliphatic heterocycles. The van der Waals surface area contributed by atoms with E-state index in [2.05, 4.69) is 5.32 Å². The molecule has 0 saturated carbocycles. The number of benzene rings is 2. The summed E-state index contributed by atoms with van der Waals surface area (Å²) in [5.74, 6) is -0.219. The van der Waals surface area contributed by atoms with Gasteiger partial charge >= 0.3 is 0 Å². The fourth-order valence-electron chi connectivity index (χ4n) is 3.15. The molecule has 0 unspecified atom stereocenters. The normalized spacial score (nSPS) is 10.6. The molecule has 3 aromatic rings. The third-order valence-electron chi connectivity index (χ3n) is 4.48. The van der Waals surface area contributed by atoms with E-state index in [1.807, 2.05) is 48.7 Å². The highest BCUT2D eigenvalue weighted by Gasteiger charge is 2.18. The minimum Gasteiger partial charge on any atom is -0.491 e. The number of nitrogens with one attached hydrogen (secondary N) is 1. The lowest BCUT2D eigenvalue weighted by Crippen LogP contribution is -2.16. The Morgan fingerprint density at radius 1 is 1.10 bits per heavy atom. The van der Waals surface area contributed by atoms with Gasteiger partial charge in [0, 0.05) is 22.1 Å². The third-order valence-corrected chi connectivity index (χ3v) is 4.72. The number of rotatable bonds is 7. The molecule has 1 heterocycles. The highest BCUT2D eigenvalue weighted by Crippen LogP contribution is 2.27. The van der Waals surface area contributed by atoms with Crippen LogP contribution in [0, 0.1) is 13.8 Å². The Hall–Kier alpha value is -3.25. The smallest absolute Gasteiger partial charge is 0.257 e. The number of ether oxygens (including phenoxy) is 1. The monoisotopic (exact) mass is 411 g/mol. The first-order valence-electron chi connectivity index (χ1n) is 9.13. The van der Waals surface area contributed by atoms with Crippen LogP contribution in [0.5, 0.6) is 5.75 Å². The molecule has 29 heavy (non-hydrogen) atoms. The van der Waals surface area contributed by atoms with Crippen LogP contribution in [0.1, 0.15) is 28.2 Å². The van der Waals surface area contributed by atoms with Crippen LogP contribution in [-0.2, 0) is 4.79 Å². The quantitative estimate of drug-likeness (QED) is 0.609. The molecule has 0 radical (unpaired) electrons. The van der Waals surface area contributed by atoms with E-state index >= 15 is 0 Å². The molecule has 3 N–H and O–H groups in total. The summed E-state index contributed by atoms with van der Waals surface area (Å²) < 4.78 is 7.57. The first-order chi connectivity index (χ1) is 13.9. The lowest BCUT2D eigenvalue weighted by atomic mass is 10.2. The molecule has 150 valence electrons. The van der Waals surface area contributed by atoms with Crippen LogP contribution in [-0.4, -0.2) is 23.0 Å². The van der Waals surface area contributed by atoms with Gasteiger partial charge in [0.1, 0.15) is 5.75 Å². The Bertz CT molecular complexity index is 1060. The summed E-state index contributed by atoms with van der Waals surface area (Å²) in [6, 6.07) is 16.4. The standard InChI is InChI=1S/C22H22ClN3O3/c1-14-12-18(15(2)26(14)17-7-5-6-16(23)13-17)22(28)25-19-8-3-4-9-20(19)29-11-10-21(24)27/h3-9,12-13H,10-11H2,1-2H3,(H2,24,27)(H,25,28). The number of nitrogens with zero attached hydrogens (tertiary/aromatic N) is 1. The van der Waals surface area contributed by atoms with E-state index in [4.69, 9.17) is 22.1 Å². The zero-order valence-corrected chi connectivity index (χ0v) is 17.0. The van der Waals surface area contributed by atoms with Crippen LogP contribution in [0.25, 0.3) is 5.69 Å². The summed E-state index contributed by atoms with van der Waals surface area (Å²) in [5.41, 5.74) is 8.82. The fraction of sp³-hybridized carbons (Fsp3) is 0.182. The Balaban J connectivity index is 1.84. The number of primary amides is 1. The van der Waals surface area contributed by atoms with Crippen LogP contribution in [0.15, 0.2) is 54.6 Å². The minimum atomic E-state index is -0.444. The lowest BCUT2D eigenvalue weighted by Gasteiger charge is -2.13. The van der Waals surface area contributed by atoms with Gasteiger partial charge in [-0.05, 0) is 50.2 Å². The first kappa shape index (κ1) is 20.5. The van der Waals surface area contributed by atoms with Crippen molar-refractivity contribution in [2.75, 3.05) is 11.9 Å². The molecule has 0 saturated heterocycles. The van der Waals surface area contributed by atoms with E-state index in [0.29, 0.717) is 22.0 Å². The zero-order valence-electron chi connectivity index (χ0n) is 16.2. The van der Waals surface area contributed by atoms with Crippen LogP contribution < -0.4 is 15.8 Å². The summed E-state index contributed by atoms with van der Waals surface area (Å²) in [7, 11) is 0. The number of hydrogen-bond acceptors (Lipinski definition) is 3. The van der Waals surface area contributed by atoms with Gasteiger partial charge < -0.3 is 20.4 Å². The van der Waals surface area contributed by atoms with Crippen molar-refractivity contribution in [2.45, 2.75) is 20.3 Å². The predicted octanol–water partition coefficient (Wildman–Crippen LogP) is 4.25. The van der Waals surface area contributed by atoms with Crippen LogP contribution >= 0.6 is 11.6 Å². The number of carbonyl (C=O) groups is 2. The van der Waals surface area contributed by atoms with Crippen molar-refractivity contribution in [1.29, 1.82) is 0 Å². The maximum Gasteiger partial charge on any atom is 0.257 e. The van der Waals surface area contributed by atoms with E-state index in [1.54, 1.807) is 24.3 Å². The molecule has 2 amide bonds. The van der Waals surface area contributed by atoms with Crippen molar-refractivity contribution in [1.82, 2.24) is 4.57 Å². The van der Waals surface area contributed by atoms with Crippen molar-refractivity contribution in [3.05, 3.63) is 76.6 Å². The van der Waals surface area contributed by atoms with E-state index in [0.717, 1.165) is 17.1 Å². The first-order valence-corrected chi connectivity index (χ1v) is 9.51. The highest BCUT2D eigenvalue weighted by atomic mass is 35.5. The van der Waals surface area contributed by atoms with Gasteiger partial charge in [-0.3, -0.25) is 9.59 Å².